The lowest BCUT2D eigenvalue weighted by Crippen LogP contribution is -2.12. The molecule has 1 aromatic carbocycles. The number of H-pyrrole nitrogens is 1. The second-order valence-electron chi connectivity index (χ2n) is 5.58. The molecule has 7 nitrogen and oxygen atoms in total. The molecule has 0 aliphatic rings. The molecule has 1 amide bonds. The third kappa shape index (κ3) is 3.85. The van der Waals surface area contributed by atoms with Crippen LogP contribution in [-0.4, -0.2) is 31.4 Å². The molecule has 0 radical (unpaired) electrons. The monoisotopic (exact) mass is 357 g/mol. The predicted octanol–water partition coefficient (Wildman–Crippen LogP) is 3.40. The minimum absolute atomic E-state index is 0.129. The third-order valence-corrected chi connectivity index (χ3v) is 4.62. The number of hydrogen-bond donors (Lipinski definition) is 3. The number of aromatic nitrogens is 4. The fourth-order valence-electron chi connectivity index (χ4n) is 2.37. The fraction of sp³-hybridized carbons (Fsp3) is 0.294. The number of nitrogens with zero attached hydrogens (tertiary/aromatic N) is 3. The molecule has 2 heterocycles. The number of hydrogen-bond acceptors (Lipinski definition) is 6. The van der Waals surface area contributed by atoms with Crippen molar-refractivity contribution in [1.29, 1.82) is 0 Å². The van der Waals surface area contributed by atoms with E-state index in [0.29, 0.717) is 22.1 Å². The number of amides is 1. The molecule has 130 valence electrons. The van der Waals surface area contributed by atoms with Crippen molar-refractivity contribution in [2.75, 3.05) is 5.32 Å². The Bertz CT molecular complexity index is 887. The Morgan fingerprint density at radius 3 is 2.88 bits per heavy atom. The lowest BCUT2D eigenvalue weighted by atomic mass is 10.1. The van der Waals surface area contributed by atoms with Gasteiger partial charge in [0.15, 0.2) is 0 Å². The van der Waals surface area contributed by atoms with Crippen LogP contribution >= 0.6 is 11.3 Å². The van der Waals surface area contributed by atoms with Gasteiger partial charge in [0.05, 0.1) is 5.69 Å². The van der Waals surface area contributed by atoms with Gasteiger partial charge in [0.2, 0.25) is 5.13 Å². The first kappa shape index (κ1) is 17.1. The van der Waals surface area contributed by atoms with Gasteiger partial charge in [0.1, 0.15) is 16.5 Å². The van der Waals surface area contributed by atoms with E-state index in [1.165, 1.54) is 11.3 Å². The highest BCUT2D eigenvalue weighted by Crippen LogP contribution is 2.29. The summed E-state index contributed by atoms with van der Waals surface area (Å²) in [4.78, 5) is 12.3. The summed E-state index contributed by atoms with van der Waals surface area (Å²) in [5.74, 6) is -0.215. The Balaban J connectivity index is 1.77. The number of aryl methyl sites for hydroxylation is 2. The number of phenolic OH excluding ortho intramolecular Hbond substituents is 1. The summed E-state index contributed by atoms with van der Waals surface area (Å²) >= 11 is 1.36. The zero-order chi connectivity index (χ0) is 17.8. The van der Waals surface area contributed by atoms with Gasteiger partial charge in [-0.3, -0.25) is 15.2 Å². The molecule has 0 saturated heterocycles. The molecule has 25 heavy (non-hydrogen) atoms. The number of aromatic amines is 1. The standard InChI is InChI=1S/C17H19N5O2S/c1-3-5-15-21-22-17(25-15)18-16(24)13-9-12(19-20-13)11-8-10(4-2)6-7-14(11)23/h6-9,23H,3-5H2,1-2H3,(H,19,20)(H,18,22,24). The second kappa shape index (κ2) is 7.43. The van der Waals surface area contributed by atoms with Crippen LogP contribution in [-0.2, 0) is 12.8 Å². The molecule has 0 unspecified atom stereocenters. The van der Waals surface area contributed by atoms with E-state index >= 15 is 0 Å². The lowest BCUT2D eigenvalue weighted by Gasteiger charge is -2.03. The summed E-state index contributed by atoms with van der Waals surface area (Å²) in [5.41, 5.74) is 2.49. The molecule has 3 N–H and O–H groups in total. The predicted molar refractivity (Wildman–Crippen MR) is 96.9 cm³/mol. The second-order valence-corrected chi connectivity index (χ2v) is 6.64. The zero-order valence-corrected chi connectivity index (χ0v) is 14.9. The van der Waals surface area contributed by atoms with Crippen molar-refractivity contribution in [1.82, 2.24) is 20.4 Å². The summed E-state index contributed by atoms with van der Waals surface area (Å²) in [6.45, 7) is 4.10. The Labute approximate surface area is 149 Å². The Morgan fingerprint density at radius 2 is 2.12 bits per heavy atom. The summed E-state index contributed by atoms with van der Waals surface area (Å²) < 4.78 is 0. The molecular formula is C17H19N5O2S. The van der Waals surface area contributed by atoms with E-state index in [1.54, 1.807) is 12.1 Å². The molecule has 0 spiro atoms. The molecule has 2 aromatic heterocycles. The maximum atomic E-state index is 12.3. The summed E-state index contributed by atoms with van der Waals surface area (Å²) in [6, 6.07) is 6.98. The summed E-state index contributed by atoms with van der Waals surface area (Å²) in [5, 5.41) is 29.0. The van der Waals surface area contributed by atoms with Crippen LogP contribution in [0.4, 0.5) is 5.13 Å². The maximum Gasteiger partial charge on any atom is 0.275 e. The zero-order valence-electron chi connectivity index (χ0n) is 14.0. The van der Waals surface area contributed by atoms with Crippen LogP contribution < -0.4 is 5.32 Å². The van der Waals surface area contributed by atoms with Crippen molar-refractivity contribution < 1.29 is 9.90 Å². The van der Waals surface area contributed by atoms with Gasteiger partial charge in [0, 0.05) is 12.0 Å². The number of carbonyl (C=O) groups is 1. The Morgan fingerprint density at radius 1 is 1.28 bits per heavy atom. The molecule has 0 saturated carbocycles. The number of rotatable bonds is 6. The van der Waals surface area contributed by atoms with Gasteiger partial charge >= 0.3 is 0 Å². The molecule has 0 bridgehead atoms. The molecule has 3 rings (SSSR count). The molecule has 0 aliphatic carbocycles. The normalized spacial score (nSPS) is 10.8. The minimum Gasteiger partial charge on any atom is -0.507 e. The van der Waals surface area contributed by atoms with E-state index < -0.39 is 0 Å². The SMILES string of the molecule is CCCc1nnc(NC(=O)c2cc(-c3cc(CC)ccc3O)n[nH]2)s1. The van der Waals surface area contributed by atoms with E-state index in [1.807, 2.05) is 19.1 Å². The molecule has 0 atom stereocenters. The van der Waals surface area contributed by atoms with Crippen molar-refractivity contribution in [2.24, 2.45) is 0 Å². The van der Waals surface area contributed by atoms with Gasteiger partial charge in [-0.25, -0.2) is 0 Å². The summed E-state index contributed by atoms with van der Waals surface area (Å²) in [7, 11) is 0. The number of nitrogens with one attached hydrogen (secondary N) is 2. The number of anilines is 1. The van der Waals surface area contributed by atoms with Gasteiger partial charge in [-0.2, -0.15) is 5.10 Å². The average Bonchev–Trinajstić information content (AvgIpc) is 3.25. The van der Waals surface area contributed by atoms with Crippen LogP contribution in [0.15, 0.2) is 24.3 Å². The van der Waals surface area contributed by atoms with Crippen molar-refractivity contribution in [3.05, 3.63) is 40.5 Å². The summed E-state index contributed by atoms with van der Waals surface area (Å²) in [6.07, 6.45) is 2.67. The van der Waals surface area contributed by atoms with E-state index in [2.05, 4.69) is 32.6 Å². The van der Waals surface area contributed by atoms with Crippen LogP contribution in [0.2, 0.25) is 0 Å². The first-order chi connectivity index (χ1) is 12.1. The highest BCUT2D eigenvalue weighted by atomic mass is 32.1. The topological polar surface area (TPSA) is 104 Å². The average molecular weight is 357 g/mol. The number of aromatic hydroxyl groups is 1. The molecular weight excluding hydrogens is 338 g/mol. The van der Waals surface area contributed by atoms with E-state index in [-0.39, 0.29) is 11.7 Å². The smallest absolute Gasteiger partial charge is 0.275 e. The van der Waals surface area contributed by atoms with E-state index in [4.69, 9.17) is 0 Å². The fourth-order valence-corrected chi connectivity index (χ4v) is 3.20. The molecule has 0 fully saturated rings. The first-order valence-corrected chi connectivity index (χ1v) is 8.93. The van der Waals surface area contributed by atoms with Gasteiger partial charge in [-0.15, -0.1) is 10.2 Å². The van der Waals surface area contributed by atoms with Crippen molar-refractivity contribution in [2.45, 2.75) is 33.1 Å². The highest BCUT2D eigenvalue weighted by Gasteiger charge is 2.15. The van der Waals surface area contributed by atoms with E-state index in [9.17, 15) is 9.90 Å². The first-order valence-electron chi connectivity index (χ1n) is 8.12. The van der Waals surface area contributed by atoms with E-state index in [0.717, 1.165) is 29.8 Å². The third-order valence-electron chi connectivity index (χ3n) is 3.72. The minimum atomic E-state index is -0.343. The molecule has 8 heteroatoms. The van der Waals surface area contributed by atoms with Gasteiger partial charge in [-0.05, 0) is 36.6 Å². The highest BCUT2D eigenvalue weighted by molar-refractivity contribution is 7.15. The molecule has 3 aromatic rings. The number of phenols is 1. The van der Waals surface area contributed by atoms with Gasteiger partial charge in [0.25, 0.3) is 5.91 Å². The maximum absolute atomic E-state index is 12.3. The van der Waals surface area contributed by atoms with Crippen molar-refractivity contribution in [3.8, 4) is 17.0 Å². The number of benzene rings is 1. The van der Waals surface area contributed by atoms with Gasteiger partial charge < -0.3 is 5.11 Å². The van der Waals surface area contributed by atoms with Crippen LogP contribution in [0.1, 0.15) is 41.3 Å². The van der Waals surface area contributed by atoms with Crippen LogP contribution in [0, 0.1) is 0 Å². The van der Waals surface area contributed by atoms with Gasteiger partial charge in [-0.1, -0.05) is 31.3 Å². The molecule has 0 aliphatic heterocycles. The largest absolute Gasteiger partial charge is 0.507 e. The Hall–Kier alpha value is -2.74. The van der Waals surface area contributed by atoms with Crippen molar-refractivity contribution in [3.63, 3.8) is 0 Å². The lowest BCUT2D eigenvalue weighted by molar-refractivity contribution is 0.102. The van der Waals surface area contributed by atoms with Crippen LogP contribution in [0.3, 0.4) is 0 Å². The van der Waals surface area contributed by atoms with Crippen LogP contribution in [0.25, 0.3) is 11.3 Å². The number of carbonyl (C=O) groups excluding carboxylic acids is 1. The van der Waals surface area contributed by atoms with Crippen molar-refractivity contribution >= 4 is 22.4 Å². The van der Waals surface area contributed by atoms with Crippen LogP contribution in [0.5, 0.6) is 5.75 Å². The quantitative estimate of drug-likeness (QED) is 0.627. The Kier molecular flexibility index (Phi) is 5.08.